The number of aromatic nitrogens is 4. The third-order valence-electron chi connectivity index (χ3n) is 1.85. The smallest absolute Gasteiger partial charge is 0.418 e. The van der Waals surface area contributed by atoms with Gasteiger partial charge in [-0.05, 0) is 13.8 Å². The van der Waals surface area contributed by atoms with Gasteiger partial charge in [0.1, 0.15) is 10.0 Å². The summed E-state index contributed by atoms with van der Waals surface area (Å²) in [4.78, 5) is 0. The van der Waals surface area contributed by atoms with Crippen LogP contribution in [0.2, 0.25) is 0 Å². The Hall–Kier alpha value is -1.19. The van der Waals surface area contributed by atoms with Crippen molar-refractivity contribution in [1.29, 1.82) is 0 Å². The van der Waals surface area contributed by atoms with Crippen LogP contribution in [0.15, 0.2) is 25.3 Å². The van der Waals surface area contributed by atoms with Crippen LogP contribution in [-0.4, -0.2) is 48.0 Å². The average Bonchev–Trinajstić information content (AvgIpc) is 3.16. The molecule has 192 valence electrons. The molecule has 0 aliphatic carbocycles. The van der Waals surface area contributed by atoms with E-state index in [0.29, 0.717) is 0 Å². The topological polar surface area (TPSA) is 75.6 Å². The summed E-state index contributed by atoms with van der Waals surface area (Å²) in [5.41, 5.74) is 0. The van der Waals surface area contributed by atoms with Crippen molar-refractivity contribution in [1.82, 2.24) is 20.4 Å². The molecule has 0 bridgehead atoms. The van der Waals surface area contributed by atoms with Crippen LogP contribution in [0.25, 0.3) is 0 Å². The third-order valence-corrected chi connectivity index (χ3v) is 3.44. The molecule has 0 aliphatic rings. The maximum absolute atomic E-state index is 9.75. The van der Waals surface area contributed by atoms with E-state index < -0.39 is 14.5 Å². The van der Waals surface area contributed by atoms with Gasteiger partial charge in [-0.2, -0.15) is 0 Å². The van der Waals surface area contributed by atoms with E-state index >= 15 is 0 Å². The van der Waals surface area contributed by atoms with E-state index in [2.05, 4.69) is 44.2 Å². The van der Waals surface area contributed by atoms with E-state index in [1.807, 2.05) is 13.8 Å². The van der Waals surface area contributed by atoms with Crippen molar-refractivity contribution in [3.8, 4) is 0 Å². The van der Waals surface area contributed by atoms with Crippen LogP contribution in [0, 0.1) is 13.8 Å². The molecule has 0 saturated carbocycles. The second-order valence-electron chi connectivity index (χ2n) is 4.58. The zero-order chi connectivity index (χ0) is 23.8. The molecule has 0 aliphatic heterocycles. The summed E-state index contributed by atoms with van der Waals surface area (Å²) in [5.74, 6) is 0. The van der Waals surface area contributed by atoms with E-state index in [1.54, 1.807) is 34.8 Å². The molecule has 6 nitrogen and oxygen atoms in total. The van der Waals surface area contributed by atoms with Crippen LogP contribution in [0.1, 0.15) is 10.0 Å². The predicted molar refractivity (Wildman–Crippen MR) is 107 cm³/mol. The number of aryl methyl sites for hydroxylation is 2. The molecule has 0 atom stereocenters. The first-order chi connectivity index (χ1) is 13.7. The zero-order valence-electron chi connectivity index (χ0n) is 16.4. The molecule has 2 rings (SSSR count). The van der Waals surface area contributed by atoms with Gasteiger partial charge in [-0.3, -0.25) is 0 Å². The van der Waals surface area contributed by atoms with Gasteiger partial charge in [0.15, 0.2) is 0 Å². The van der Waals surface area contributed by atoms with Gasteiger partial charge < -0.3 is 45.2 Å². The molecular formula is C12H18B2Cu2F8N6S2. The van der Waals surface area contributed by atoms with Gasteiger partial charge in [-0.15, -0.1) is 33.6 Å². The van der Waals surface area contributed by atoms with Gasteiger partial charge in [0.25, 0.3) is 0 Å². The van der Waals surface area contributed by atoms with Gasteiger partial charge >= 0.3 is 48.6 Å². The van der Waals surface area contributed by atoms with Crippen LogP contribution in [0.5, 0.6) is 0 Å². The second-order valence-corrected chi connectivity index (χ2v) is 6.94. The van der Waals surface area contributed by atoms with Crippen molar-refractivity contribution in [2.24, 2.45) is 0 Å². The molecule has 0 unspecified atom stereocenters. The summed E-state index contributed by atoms with van der Waals surface area (Å²) >= 11 is 3.09. The molecule has 32 heavy (non-hydrogen) atoms. The van der Waals surface area contributed by atoms with Crippen LogP contribution in [0.4, 0.5) is 44.8 Å². The number of hydrogen-bond donors (Lipinski definition) is 2. The van der Waals surface area contributed by atoms with Gasteiger partial charge in [-0.1, -0.05) is 34.8 Å². The Kier molecular flexibility index (Phi) is 24.3. The Bertz CT molecular complexity index is 661. The fraction of sp³-hybridized carbons (Fsp3) is 0.333. The number of anilines is 2. The van der Waals surface area contributed by atoms with E-state index in [4.69, 9.17) is 0 Å². The molecule has 0 spiro atoms. The first-order valence-electron chi connectivity index (χ1n) is 7.70. The van der Waals surface area contributed by atoms with Crippen LogP contribution in [0.3, 0.4) is 0 Å². The Morgan fingerprint density at radius 2 is 0.938 bits per heavy atom. The summed E-state index contributed by atoms with van der Waals surface area (Å²) in [6.45, 7) is 12.5. The standard InChI is InChI=1S/2C6H9N3S.2BF4.2Cu/c2*1-3-4-7-6-9-8-5(2)10-6;2*2-1(3,4)5;;/h2*3H,1,4H2,2H3,(H,7,9);;;;/q;;2*-1;2*+1. The Labute approximate surface area is 208 Å². The summed E-state index contributed by atoms with van der Waals surface area (Å²) < 4.78 is 78.0. The molecule has 20 heteroatoms. The maximum atomic E-state index is 9.75. The first-order valence-corrected chi connectivity index (χ1v) is 9.33. The van der Waals surface area contributed by atoms with E-state index in [-0.39, 0.29) is 34.1 Å². The van der Waals surface area contributed by atoms with Gasteiger partial charge in [0.2, 0.25) is 10.3 Å². The van der Waals surface area contributed by atoms with Crippen molar-refractivity contribution in [3.63, 3.8) is 0 Å². The Morgan fingerprint density at radius 3 is 1.09 bits per heavy atom. The molecule has 2 aromatic heterocycles. The average molecular weight is 611 g/mol. The van der Waals surface area contributed by atoms with Crippen molar-refractivity contribution < 1.29 is 68.7 Å². The minimum atomic E-state index is -6.00. The summed E-state index contributed by atoms with van der Waals surface area (Å²) in [6.07, 6.45) is 3.58. The molecule has 2 N–H and O–H groups in total. The Morgan fingerprint density at radius 1 is 0.688 bits per heavy atom. The van der Waals surface area contributed by atoms with Crippen LogP contribution < -0.4 is 10.6 Å². The molecule has 2 aromatic rings. The van der Waals surface area contributed by atoms with Crippen LogP contribution >= 0.6 is 22.7 Å². The molecule has 0 aromatic carbocycles. The zero-order valence-corrected chi connectivity index (χ0v) is 19.9. The Balaban J connectivity index is -0.000000169. The number of rotatable bonds is 6. The van der Waals surface area contributed by atoms with Crippen molar-refractivity contribution >= 4 is 47.4 Å². The largest absolute Gasteiger partial charge is 1.00 e. The summed E-state index contributed by atoms with van der Waals surface area (Å²) in [5, 5.41) is 25.2. The van der Waals surface area contributed by atoms with Gasteiger partial charge in [-0.25, -0.2) is 0 Å². The fourth-order valence-corrected chi connectivity index (χ4v) is 2.25. The number of nitrogens with zero attached hydrogens (tertiary/aromatic N) is 4. The molecule has 0 amide bonds. The minimum Gasteiger partial charge on any atom is -0.418 e. The van der Waals surface area contributed by atoms with E-state index in [9.17, 15) is 34.5 Å². The molecular weight excluding hydrogens is 593 g/mol. The number of nitrogens with one attached hydrogen (secondary N) is 2. The predicted octanol–water partition coefficient (Wildman–Crippen LogP) is 5.48. The number of halogens is 8. The van der Waals surface area contributed by atoms with Crippen molar-refractivity contribution in [3.05, 3.63) is 35.3 Å². The first kappa shape index (κ1) is 38.1. The monoisotopic (exact) mass is 610 g/mol. The third kappa shape index (κ3) is 36.2. The normalized spacial score (nSPS) is 9.56. The summed E-state index contributed by atoms with van der Waals surface area (Å²) in [7, 11) is -12.0. The minimum absolute atomic E-state index is 0. The maximum Gasteiger partial charge on any atom is 1.00 e. The SMILES string of the molecule is C=CCNc1nnc(C)s1.C=CCNc1nnc(C)s1.F[B-](F)(F)F.F[B-](F)(F)F.[Cu+].[Cu+]. The van der Waals surface area contributed by atoms with Crippen LogP contribution in [-0.2, 0) is 34.1 Å². The van der Waals surface area contributed by atoms with Crippen molar-refractivity contribution in [2.75, 3.05) is 23.7 Å². The molecule has 0 fully saturated rings. The second kappa shape index (κ2) is 20.4. The van der Waals surface area contributed by atoms with Gasteiger partial charge in [0.05, 0.1) is 0 Å². The number of hydrogen-bond acceptors (Lipinski definition) is 8. The molecule has 0 radical (unpaired) electrons. The van der Waals surface area contributed by atoms with E-state index in [1.165, 1.54) is 0 Å². The van der Waals surface area contributed by atoms with E-state index in [0.717, 1.165) is 33.4 Å². The van der Waals surface area contributed by atoms with Gasteiger partial charge in [0, 0.05) is 13.1 Å². The fourth-order valence-electron chi connectivity index (χ4n) is 1.05. The van der Waals surface area contributed by atoms with Crippen molar-refractivity contribution in [2.45, 2.75) is 13.8 Å². The molecule has 2 heterocycles. The quantitative estimate of drug-likeness (QED) is 0.256. The molecule has 0 saturated heterocycles. The summed E-state index contributed by atoms with van der Waals surface area (Å²) in [6, 6.07) is 0.